The van der Waals surface area contributed by atoms with E-state index in [9.17, 15) is 10.1 Å². The normalized spacial score (nSPS) is 10.2. The number of methoxy groups -OCH3 is 1. The van der Waals surface area contributed by atoms with Crippen molar-refractivity contribution in [1.82, 2.24) is 0 Å². The summed E-state index contributed by atoms with van der Waals surface area (Å²) in [4.78, 5) is 10.3. The molecule has 2 aromatic rings. The third-order valence-electron chi connectivity index (χ3n) is 3.00. The van der Waals surface area contributed by atoms with Crippen LogP contribution in [0.1, 0.15) is 11.1 Å². The first-order valence-corrected chi connectivity index (χ1v) is 6.26. The van der Waals surface area contributed by atoms with Crippen LogP contribution in [0, 0.1) is 17.0 Å². The second kappa shape index (κ2) is 6.23. The summed E-state index contributed by atoms with van der Waals surface area (Å²) in [5.74, 6) is 1.28. The number of aryl methyl sites for hydroxylation is 1. The Morgan fingerprint density at radius 1 is 1.14 bits per heavy atom. The van der Waals surface area contributed by atoms with Crippen LogP contribution in [0.25, 0.3) is 0 Å². The van der Waals surface area contributed by atoms with Gasteiger partial charge in [-0.25, -0.2) is 0 Å². The van der Waals surface area contributed by atoms with Gasteiger partial charge in [0.15, 0.2) is 11.5 Å². The molecule has 1 N–H and O–H groups in total. The van der Waals surface area contributed by atoms with E-state index in [1.54, 1.807) is 12.1 Å². The quantitative estimate of drug-likeness (QED) is 0.675. The van der Waals surface area contributed by atoms with E-state index in [0.717, 1.165) is 11.1 Å². The predicted molar refractivity (Wildman–Crippen MR) is 76.8 cm³/mol. The van der Waals surface area contributed by atoms with Crippen molar-refractivity contribution < 1.29 is 19.5 Å². The lowest BCUT2D eigenvalue weighted by Crippen LogP contribution is -1.95. The van der Waals surface area contributed by atoms with Crippen molar-refractivity contribution >= 4 is 5.69 Å². The highest BCUT2D eigenvalue weighted by molar-refractivity contribution is 5.51. The van der Waals surface area contributed by atoms with Gasteiger partial charge < -0.3 is 14.6 Å². The summed E-state index contributed by atoms with van der Waals surface area (Å²) in [5.41, 5.74) is 1.57. The Hall–Kier alpha value is -2.60. The second-order valence-electron chi connectivity index (χ2n) is 4.45. The number of nitro groups is 1. The van der Waals surface area contributed by atoms with Crippen molar-refractivity contribution in [2.24, 2.45) is 0 Å². The van der Waals surface area contributed by atoms with Crippen LogP contribution in [-0.4, -0.2) is 17.1 Å². The third-order valence-corrected chi connectivity index (χ3v) is 3.00. The van der Waals surface area contributed by atoms with E-state index in [1.807, 2.05) is 13.0 Å². The largest absolute Gasteiger partial charge is 0.493 e. The average molecular weight is 289 g/mol. The van der Waals surface area contributed by atoms with Gasteiger partial charge in [-0.1, -0.05) is 12.1 Å². The van der Waals surface area contributed by atoms with Crippen LogP contribution in [0.5, 0.6) is 17.2 Å². The molecule has 0 atom stereocenters. The van der Waals surface area contributed by atoms with Gasteiger partial charge >= 0.3 is 0 Å². The van der Waals surface area contributed by atoms with Gasteiger partial charge in [0.05, 0.1) is 24.7 Å². The zero-order valence-electron chi connectivity index (χ0n) is 11.7. The maximum Gasteiger partial charge on any atom is 0.273 e. The van der Waals surface area contributed by atoms with Crippen molar-refractivity contribution in [2.75, 3.05) is 7.11 Å². The van der Waals surface area contributed by atoms with E-state index < -0.39 is 4.92 Å². The summed E-state index contributed by atoms with van der Waals surface area (Å²) in [6.45, 7) is 1.81. The lowest BCUT2D eigenvalue weighted by atomic mass is 10.1. The van der Waals surface area contributed by atoms with Crippen LogP contribution >= 0.6 is 0 Å². The molecule has 6 heteroatoms. The van der Waals surface area contributed by atoms with Crippen LogP contribution in [0.4, 0.5) is 5.69 Å². The van der Waals surface area contributed by atoms with Crippen molar-refractivity contribution in [1.29, 1.82) is 0 Å². The molecule has 0 heterocycles. The molecular weight excluding hydrogens is 274 g/mol. The average Bonchev–Trinajstić information content (AvgIpc) is 2.49. The molecule has 110 valence electrons. The molecule has 0 radical (unpaired) electrons. The molecule has 0 amide bonds. The van der Waals surface area contributed by atoms with Gasteiger partial charge in [0.2, 0.25) is 0 Å². The summed E-state index contributed by atoms with van der Waals surface area (Å²) in [6.07, 6.45) is 0. The Morgan fingerprint density at radius 2 is 1.86 bits per heavy atom. The van der Waals surface area contributed by atoms with Gasteiger partial charge in [0, 0.05) is 6.07 Å². The zero-order valence-corrected chi connectivity index (χ0v) is 11.7. The molecule has 0 saturated carbocycles. The SMILES string of the molecule is COc1cc([N+](=O)[O-])ccc1Oc1ccc(CO)cc1C. The highest BCUT2D eigenvalue weighted by Crippen LogP contribution is 2.35. The van der Waals surface area contributed by atoms with E-state index in [2.05, 4.69) is 0 Å². The molecule has 6 nitrogen and oxygen atoms in total. The number of aliphatic hydroxyl groups excluding tert-OH is 1. The summed E-state index contributed by atoms with van der Waals surface area (Å²) in [5, 5.41) is 19.8. The first-order chi connectivity index (χ1) is 10.0. The molecule has 2 aromatic carbocycles. The molecular formula is C15H15NO5. The molecule has 0 aliphatic rings. The highest BCUT2D eigenvalue weighted by atomic mass is 16.6. The van der Waals surface area contributed by atoms with Gasteiger partial charge in [-0.15, -0.1) is 0 Å². The van der Waals surface area contributed by atoms with Crippen molar-refractivity contribution in [2.45, 2.75) is 13.5 Å². The van der Waals surface area contributed by atoms with E-state index in [4.69, 9.17) is 14.6 Å². The van der Waals surface area contributed by atoms with Gasteiger partial charge in [0.25, 0.3) is 5.69 Å². The molecule has 21 heavy (non-hydrogen) atoms. The molecule has 0 unspecified atom stereocenters. The fourth-order valence-electron chi connectivity index (χ4n) is 1.90. The molecule has 0 aromatic heterocycles. The van der Waals surface area contributed by atoms with E-state index in [0.29, 0.717) is 11.5 Å². The lowest BCUT2D eigenvalue weighted by molar-refractivity contribution is -0.384. The summed E-state index contributed by atoms with van der Waals surface area (Å²) < 4.78 is 10.9. The number of ether oxygens (including phenoxy) is 2. The van der Waals surface area contributed by atoms with E-state index in [-0.39, 0.29) is 18.0 Å². The van der Waals surface area contributed by atoms with Crippen LogP contribution in [0.3, 0.4) is 0 Å². The Morgan fingerprint density at radius 3 is 2.43 bits per heavy atom. The predicted octanol–water partition coefficient (Wildman–Crippen LogP) is 3.20. The smallest absolute Gasteiger partial charge is 0.273 e. The Labute approximate surface area is 121 Å². The Kier molecular flexibility index (Phi) is 4.39. The Bertz CT molecular complexity index is 669. The number of benzene rings is 2. The van der Waals surface area contributed by atoms with Gasteiger partial charge in [-0.05, 0) is 30.2 Å². The Balaban J connectivity index is 2.33. The zero-order chi connectivity index (χ0) is 15.4. The van der Waals surface area contributed by atoms with Gasteiger partial charge in [0.1, 0.15) is 5.75 Å². The minimum Gasteiger partial charge on any atom is -0.493 e. The van der Waals surface area contributed by atoms with Crippen molar-refractivity contribution in [3.63, 3.8) is 0 Å². The van der Waals surface area contributed by atoms with Gasteiger partial charge in [-0.3, -0.25) is 10.1 Å². The number of nitro benzene ring substituents is 1. The summed E-state index contributed by atoms with van der Waals surface area (Å²) in [7, 11) is 1.42. The lowest BCUT2D eigenvalue weighted by Gasteiger charge is -2.12. The topological polar surface area (TPSA) is 81.8 Å². The summed E-state index contributed by atoms with van der Waals surface area (Å²) >= 11 is 0. The first kappa shape index (κ1) is 14.8. The molecule has 2 rings (SSSR count). The molecule has 0 aliphatic heterocycles. The summed E-state index contributed by atoms with van der Waals surface area (Å²) in [6, 6.07) is 9.47. The number of nitrogens with zero attached hydrogens (tertiary/aromatic N) is 1. The number of hydrogen-bond acceptors (Lipinski definition) is 5. The number of non-ortho nitro benzene ring substituents is 1. The molecule has 0 bridgehead atoms. The maximum atomic E-state index is 10.7. The van der Waals surface area contributed by atoms with Crippen LogP contribution in [0.15, 0.2) is 36.4 Å². The van der Waals surface area contributed by atoms with Crippen molar-refractivity contribution in [3.05, 3.63) is 57.6 Å². The number of aliphatic hydroxyl groups is 1. The minimum absolute atomic E-state index is 0.0397. The van der Waals surface area contributed by atoms with Crippen LogP contribution < -0.4 is 9.47 Å². The van der Waals surface area contributed by atoms with E-state index in [1.165, 1.54) is 25.3 Å². The standard InChI is InChI=1S/C15H15NO5/c1-10-7-11(9-17)3-5-13(10)21-14-6-4-12(16(18)19)8-15(14)20-2/h3-8,17H,9H2,1-2H3. The fourth-order valence-corrected chi connectivity index (χ4v) is 1.90. The third kappa shape index (κ3) is 3.29. The van der Waals surface area contributed by atoms with Crippen LogP contribution in [-0.2, 0) is 6.61 Å². The fraction of sp³-hybridized carbons (Fsp3) is 0.200. The first-order valence-electron chi connectivity index (χ1n) is 6.26. The molecule has 0 fully saturated rings. The minimum atomic E-state index is -0.492. The number of hydrogen-bond donors (Lipinski definition) is 1. The monoisotopic (exact) mass is 289 g/mol. The van der Waals surface area contributed by atoms with Crippen LogP contribution in [0.2, 0.25) is 0 Å². The van der Waals surface area contributed by atoms with Crippen molar-refractivity contribution in [3.8, 4) is 17.2 Å². The maximum absolute atomic E-state index is 10.7. The highest BCUT2D eigenvalue weighted by Gasteiger charge is 2.13. The molecule has 0 saturated heterocycles. The number of rotatable bonds is 5. The van der Waals surface area contributed by atoms with E-state index >= 15 is 0 Å². The van der Waals surface area contributed by atoms with Gasteiger partial charge in [-0.2, -0.15) is 0 Å². The molecule has 0 aliphatic carbocycles. The second-order valence-corrected chi connectivity index (χ2v) is 4.45. The molecule has 0 spiro atoms.